The van der Waals surface area contributed by atoms with E-state index >= 15 is 0 Å². The second-order valence-corrected chi connectivity index (χ2v) is 12.5. The van der Waals surface area contributed by atoms with Gasteiger partial charge in [0.2, 0.25) is 6.04 Å². The molecule has 0 spiro atoms. The summed E-state index contributed by atoms with van der Waals surface area (Å²) in [5, 5.41) is 14.3. The van der Waals surface area contributed by atoms with E-state index in [1.807, 2.05) is 45.9 Å². The summed E-state index contributed by atoms with van der Waals surface area (Å²) in [7, 11) is 3.53. The standard InChI is InChI=1S/C34H40F3N7O3/c1-20(2)14-29(43-18-24(12-13-41(6)7)25(15-23(43)5)34(35,36)37)32(47)42(8)27(17-30(45)46)28-16-26(40-33-38-19-39-44(28)33)31-21(3)10-9-11-22(31)4/h9-11,15-16,18-20,27,29H,5,8,12-14,17H2,1-4,6-7H3/p+1/t27-,29-/m0/s1. The minimum absolute atomic E-state index is 0.00648. The molecule has 13 heteroatoms. The molecular weight excluding hydrogens is 611 g/mol. The Morgan fingerprint density at radius 1 is 1.15 bits per heavy atom. The minimum Gasteiger partial charge on any atom is -0.481 e. The normalized spacial score (nSPS) is 15.2. The second-order valence-electron chi connectivity index (χ2n) is 12.5. The number of carbonyl (C=O) groups is 2. The third-order valence-corrected chi connectivity index (χ3v) is 8.12. The first-order valence-corrected chi connectivity index (χ1v) is 15.2. The SMILES string of the molecule is C=C1C=C(C(F)(F)F)C(CCN(C)C)=CN1[C@@H](CC(C)C)C(=O)[N+](=C)[C@@H](CC(=O)O)c1cc(-c2c(C)cccc2C)nc2ncnn12. The van der Waals surface area contributed by atoms with Crippen LogP contribution < -0.4 is 0 Å². The van der Waals surface area contributed by atoms with E-state index in [1.165, 1.54) is 21.9 Å². The molecule has 0 aliphatic carbocycles. The Kier molecular flexibility index (Phi) is 10.5. The van der Waals surface area contributed by atoms with Crippen LogP contribution in [0.1, 0.15) is 56.0 Å². The van der Waals surface area contributed by atoms with Crippen molar-refractivity contribution in [2.45, 2.75) is 65.2 Å². The van der Waals surface area contributed by atoms with Gasteiger partial charge >= 0.3 is 18.1 Å². The van der Waals surface area contributed by atoms with Crippen LogP contribution in [-0.4, -0.2) is 90.5 Å². The fraction of sp³-hybridized carbons (Fsp3) is 0.412. The van der Waals surface area contributed by atoms with Gasteiger partial charge in [0, 0.05) is 24.0 Å². The summed E-state index contributed by atoms with van der Waals surface area (Å²) in [4.78, 5) is 38.9. The van der Waals surface area contributed by atoms with Crippen LogP contribution in [0, 0.1) is 19.8 Å². The summed E-state index contributed by atoms with van der Waals surface area (Å²) < 4.78 is 44.8. The smallest absolute Gasteiger partial charge is 0.416 e. The number of aliphatic carboxylic acids is 1. The van der Waals surface area contributed by atoms with Crippen molar-refractivity contribution >= 4 is 24.4 Å². The lowest BCUT2D eigenvalue weighted by Crippen LogP contribution is -2.45. The number of carbonyl (C=O) groups excluding carboxylic acids is 1. The molecule has 3 heterocycles. The summed E-state index contributed by atoms with van der Waals surface area (Å²) in [5.74, 6) is -1.63. The third kappa shape index (κ3) is 7.84. The molecule has 1 aliphatic heterocycles. The van der Waals surface area contributed by atoms with Crippen LogP contribution in [0.5, 0.6) is 0 Å². The summed E-state index contributed by atoms with van der Waals surface area (Å²) in [6.45, 7) is 15.9. The molecule has 1 amide bonds. The van der Waals surface area contributed by atoms with Gasteiger partial charge in [0.05, 0.1) is 11.3 Å². The number of nitrogens with zero attached hydrogens (tertiary/aromatic N) is 7. The maximum absolute atomic E-state index is 14.5. The van der Waals surface area contributed by atoms with E-state index in [-0.39, 0.29) is 35.8 Å². The van der Waals surface area contributed by atoms with Crippen molar-refractivity contribution < 1.29 is 32.4 Å². The topological polar surface area (TPSA) is 107 Å². The molecule has 0 saturated carbocycles. The summed E-state index contributed by atoms with van der Waals surface area (Å²) in [5.41, 5.74) is 2.76. The average Bonchev–Trinajstić information content (AvgIpc) is 3.45. The molecule has 0 bridgehead atoms. The number of amides is 1. The number of aryl methyl sites for hydroxylation is 2. The second kappa shape index (κ2) is 14.0. The summed E-state index contributed by atoms with van der Waals surface area (Å²) in [6, 6.07) is 5.31. The third-order valence-electron chi connectivity index (χ3n) is 8.12. The number of hydrogen-bond acceptors (Lipinski definition) is 7. The van der Waals surface area contributed by atoms with E-state index in [9.17, 15) is 27.9 Å². The summed E-state index contributed by atoms with van der Waals surface area (Å²) >= 11 is 0. The maximum atomic E-state index is 14.5. The first-order valence-electron chi connectivity index (χ1n) is 15.2. The minimum atomic E-state index is -4.62. The van der Waals surface area contributed by atoms with Crippen LogP contribution in [0.15, 0.2) is 66.3 Å². The molecule has 47 heavy (non-hydrogen) atoms. The van der Waals surface area contributed by atoms with Crippen molar-refractivity contribution in [1.29, 1.82) is 0 Å². The fourth-order valence-corrected chi connectivity index (χ4v) is 5.84. The predicted octanol–water partition coefficient (Wildman–Crippen LogP) is 5.73. The van der Waals surface area contributed by atoms with Gasteiger partial charge in [-0.25, -0.2) is 9.78 Å². The van der Waals surface area contributed by atoms with Gasteiger partial charge in [0.1, 0.15) is 25.2 Å². The van der Waals surface area contributed by atoms with E-state index in [0.717, 1.165) is 27.3 Å². The van der Waals surface area contributed by atoms with Gasteiger partial charge in [-0.15, -0.1) is 0 Å². The number of benzene rings is 1. The molecule has 0 radical (unpaired) electrons. The Balaban J connectivity index is 1.83. The number of fused-ring (bicyclic) bond motifs is 1. The van der Waals surface area contributed by atoms with E-state index in [1.54, 1.807) is 25.1 Å². The largest absolute Gasteiger partial charge is 0.481 e. The number of hydrogen-bond donors (Lipinski definition) is 1. The lowest BCUT2D eigenvalue weighted by Gasteiger charge is -2.34. The zero-order valence-corrected chi connectivity index (χ0v) is 27.5. The van der Waals surface area contributed by atoms with Gasteiger partial charge < -0.3 is 14.9 Å². The van der Waals surface area contributed by atoms with Crippen LogP contribution in [0.3, 0.4) is 0 Å². The molecule has 0 fully saturated rings. The molecule has 4 rings (SSSR count). The molecule has 2 atom stereocenters. The Morgan fingerprint density at radius 3 is 2.38 bits per heavy atom. The molecule has 3 aromatic rings. The first kappa shape index (κ1) is 35.2. The van der Waals surface area contributed by atoms with Gasteiger partial charge in [-0.1, -0.05) is 38.6 Å². The van der Waals surface area contributed by atoms with Crippen LogP contribution in [0.4, 0.5) is 13.2 Å². The molecular formula is C34H41F3N7O3+. The van der Waals surface area contributed by atoms with Crippen LogP contribution >= 0.6 is 0 Å². The molecule has 0 unspecified atom stereocenters. The first-order chi connectivity index (χ1) is 22.0. The fourth-order valence-electron chi connectivity index (χ4n) is 5.84. The molecule has 1 aliphatic rings. The van der Waals surface area contributed by atoms with Gasteiger partial charge in [0.25, 0.3) is 5.78 Å². The van der Waals surface area contributed by atoms with Crippen molar-refractivity contribution in [2.75, 3.05) is 20.6 Å². The highest BCUT2D eigenvalue weighted by molar-refractivity contribution is 5.77. The van der Waals surface area contributed by atoms with Crippen molar-refractivity contribution in [3.63, 3.8) is 0 Å². The van der Waals surface area contributed by atoms with Crippen molar-refractivity contribution in [1.82, 2.24) is 29.4 Å². The lowest BCUT2D eigenvalue weighted by atomic mass is 9.94. The lowest BCUT2D eigenvalue weighted by molar-refractivity contribution is -0.490. The van der Waals surface area contributed by atoms with Crippen molar-refractivity contribution in [2.24, 2.45) is 5.92 Å². The average molecular weight is 653 g/mol. The molecule has 0 saturated heterocycles. The van der Waals surface area contributed by atoms with Crippen molar-refractivity contribution in [3.8, 4) is 11.3 Å². The van der Waals surface area contributed by atoms with E-state index in [2.05, 4.69) is 28.4 Å². The zero-order valence-electron chi connectivity index (χ0n) is 27.5. The Hall–Kier alpha value is -4.65. The molecule has 10 nitrogen and oxygen atoms in total. The van der Waals surface area contributed by atoms with Crippen LogP contribution in [0.25, 0.3) is 17.0 Å². The highest BCUT2D eigenvalue weighted by Gasteiger charge is 2.43. The predicted molar refractivity (Wildman–Crippen MR) is 173 cm³/mol. The number of carboxylic acids is 1. The van der Waals surface area contributed by atoms with Gasteiger partial charge in [0.15, 0.2) is 6.04 Å². The Morgan fingerprint density at radius 2 is 1.81 bits per heavy atom. The van der Waals surface area contributed by atoms with Gasteiger partial charge in [-0.2, -0.15) is 32.3 Å². The highest BCUT2D eigenvalue weighted by Crippen LogP contribution is 2.39. The number of allylic oxidation sites excluding steroid dienone is 2. The van der Waals surface area contributed by atoms with Crippen LogP contribution in [0.2, 0.25) is 0 Å². The number of alkyl halides is 3. The quantitative estimate of drug-likeness (QED) is 0.195. The molecule has 250 valence electrons. The summed E-state index contributed by atoms with van der Waals surface area (Å²) in [6.07, 6.45) is -1.22. The number of aromatic nitrogens is 4. The van der Waals surface area contributed by atoms with E-state index < -0.39 is 42.1 Å². The van der Waals surface area contributed by atoms with Crippen molar-refractivity contribution in [3.05, 3.63) is 83.1 Å². The van der Waals surface area contributed by atoms with E-state index in [0.29, 0.717) is 17.9 Å². The van der Waals surface area contributed by atoms with Crippen LogP contribution in [-0.2, 0) is 9.59 Å². The monoisotopic (exact) mass is 652 g/mol. The molecule has 2 aromatic heterocycles. The number of rotatable bonds is 12. The number of carboxylic acid groups (broad SMARTS) is 1. The Bertz CT molecular complexity index is 1750. The van der Waals surface area contributed by atoms with Gasteiger partial charge in [-0.3, -0.25) is 4.79 Å². The number of halogens is 3. The maximum Gasteiger partial charge on any atom is 0.416 e. The highest BCUT2D eigenvalue weighted by atomic mass is 19.4. The van der Waals surface area contributed by atoms with E-state index in [4.69, 9.17) is 0 Å². The molecule has 1 N–H and O–H groups in total. The zero-order chi connectivity index (χ0) is 34.8. The molecule has 1 aromatic carbocycles. The Labute approximate surface area is 272 Å². The van der Waals surface area contributed by atoms with Gasteiger partial charge in [-0.05, 0) is 75.5 Å².